The molecule has 3 N–H and O–H groups in total. The molecule has 0 aliphatic heterocycles. The van der Waals surface area contributed by atoms with Gasteiger partial charge in [-0.15, -0.1) is 0 Å². The van der Waals surface area contributed by atoms with Crippen LogP contribution in [0.25, 0.3) is 11.1 Å². The van der Waals surface area contributed by atoms with Crippen molar-refractivity contribution in [1.82, 2.24) is 20.2 Å². The molecule has 2 aromatic carbocycles. The molecule has 0 saturated heterocycles. The Morgan fingerprint density at radius 2 is 1.97 bits per heavy atom. The summed E-state index contributed by atoms with van der Waals surface area (Å²) in [5, 5.41) is 9.66. The molecule has 158 valence electrons. The molecule has 0 fully saturated rings. The summed E-state index contributed by atoms with van der Waals surface area (Å²) < 4.78 is 30.6. The zero-order chi connectivity index (χ0) is 21.5. The lowest BCUT2D eigenvalue weighted by Gasteiger charge is -2.27. The van der Waals surface area contributed by atoms with Gasteiger partial charge in [0.2, 0.25) is 10.9 Å². The summed E-state index contributed by atoms with van der Waals surface area (Å²) in [7, 11) is -1.27. The Hall–Kier alpha value is -3.17. The molecule has 1 amide bonds. The molecule has 9 heteroatoms. The van der Waals surface area contributed by atoms with Crippen molar-refractivity contribution in [3.8, 4) is 16.9 Å². The third kappa shape index (κ3) is 5.05. The number of aromatic nitrogens is 2. The Morgan fingerprint density at radius 1 is 1.20 bits per heavy atom. The Bertz CT molecular complexity index is 1040. The van der Waals surface area contributed by atoms with Crippen molar-refractivity contribution in [2.24, 2.45) is 0 Å². The number of ether oxygens (including phenoxy) is 1. The number of nitrogens with zero attached hydrogens (tertiary/aromatic N) is 1. The predicted octanol–water partition coefficient (Wildman–Crippen LogP) is 2.45. The van der Waals surface area contributed by atoms with E-state index in [1.54, 1.807) is 30.6 Å². The lowest BCUT2D eigenvalue weighted by molar-refractivity contribution is 0.0928. The molecular formula is C21H24N4O4S. The summed E-state index contributed by atoms with van der Waals surface area (Å²) >= 11 is 0. The van der Waals surface area contributed by atoms with Crippen LogP contribution >= 0.6 is 0 Å². The molecule has 0 radical (unpaired) electrons. The number of thiol groups is 1. The average molecular weight is 429 g/mol. The molecule has 0 spiro atoms. The second kappa shape index (κ2) is 10.0. The molecule has 3 aromatic rings. The lowest BCUT2D eigenvalue weighted by Crippen LogP contribution is -2.43. The Morgan fingerprint density at radius 3 is 2.57 bits per heavy atom. The van der Waals surface area contributed by atoms with Crippen molar-refractivity contribution in [2.75, 3.05) is 7.11 Å². The largest absolute Gasteiger partial charge is 0.496 e. The molecule has 1 aromatic heterocycles. The smallest absolute Gasteiger partial charge is 0.251 e. The Kier molecular flexibility index (Phi) is 7.21. The fraction of sp³-hybridized carbons (Fsp3) is 0.238. The first-order chi connectivity index (χ1) is 14.5. The maximum atomic E-state index is 13.0. The fourth-order valence-electron chi connectivity index (χ4n) is 3.31. The van der Waals surface area contributed by atoms with Crippen LogP contribution in [0.15, 0.2) is 60.9 Å². The monoisotopic (exact) mass is 428 g/mol. The number of carbonyl (C=O) groups excluding carboxylic acids is 1. The van der Waals surface area contributed by atoms with Crippen LogP contribution in [-0.4, -0.2) is 37.7 Å². The minimum Gasteiger partial charge on any atom is -0.496 e. The van der Waals surface area contributed by atoms with Crippen LogP contribution in [0.3, 0.4) is 0 Å². The van der Waals surface area contributed by atoms with E-state index in [9.17, 15) is 13.2 Å². The molecular weight excluding hydrogens is 404 g/mol. The maximum absolute atomic E-state index is 13.0. The molecule has 30 heavy (non-hydrogen) atoms. The second-order valence-electron chi connectivity index (χ2n) is 6.66. The van der Waals surface area contributed by atoms with Crippen LogP contribution in [0.1, 0.15) is 35.3 Å². The van der Waals surface area contributed by atoms with Gasteiger partial charge in [-0.05, 0) is 30.2 Å². The van der Waals surface area contributed by atoms with Gasteiger partial charge in [0.15, 0.2) is 0 Å². The highest BCUT2D eigenvalue weighted by Crippen LogP contribution is 2.30. The van der Waals surface area contributed by atoms with E-state index in [4.69, 9.17) is 4.74 Å². The van der Waals surface area contributed by atoms with Crippen LogP contribution in [0, 0.1) is 0 Å². The predicted molar refractivity (Wildman–Crippen MR) is 115 cm³/mol. The van der Waals surface area contributed by atoms with Gasteiger partial charge in [-0.1, -0.05) is 37.3 Å². The van der Waals surface area contributed by atoms with Crippen molar-refractivity contribution in [1.29, 1.82) is 0 Å². The molecule has 0 saturated carbocycles. The van der Waals surface area contributed by atoms with Crippen LogP contribution < -0.4 is 14.8 Å². The molecule has 2 atom stereocenters. The van der Waals surface area contributed by atoms with Crippen LogP contribution in [0.4, 0.5) is 0 Å². The van der Waals surface area contributed by atoms with Crippen molar-refractivity contribution < 1.29 is 17.9 Å². The molecule has 0 bridgehead atoms. The number of methoxy groups -OCH3 is 1. The molecule has 1 heterocycles. The fourth-order valence-corrected chi connectivity index (χ4v) is 3.91. The number of rotatable bonds is 9. The summed E-state index contributed by atoms with van der Waals surface area (Å²) in [6.45, 7) is 1.86. The first kappa shape index (κ1) is 21.5. The molecule has 0 aliphatic carbocycles. The lowest BCUT2D eigenvalue weighted by atomic mass is 9.97. The minimum absolute atomic E-state index is 0.331. The third-order valence-electron chi connectivity index (χ3n) is 4.83. The minimum atomic E-state index is -2.81. The normalized spacial score (nSPS) is 13.0. The topological polar surface area (TPSA) is 113 Å². The molecule has 1 unspecified atom stereocenters. The van der Waals surface area contributed by atoms with E-state index in [0.29, 0.717) is 17.7 Å². The average Bonchev–Trinajstić information content (AvgIpc) is 3.30. The number of H-pyrrole nitrogens is 1. The van der Waals surface area contributed by atoms with Gasteiger partial charge in [-0.2, -0.15) is 5.10 Å². The SMILES string of the molecule is CCC(N[SH](=O)=O)[C@@H](NC(=O)c1ccc(-c2cn[nH]c2)c(OC)c1)c1ccccc1. The van der Waals surface area contributed by atoms with E-state index in [2.05, 4.69) is 20.2 Å². The maximum Gasteiger partial charge on any atom is 0.251 e. The van der Waals surface area contributed by atoms with Crippen LogP contribution in [0.2, 0.25) is 0 Å². The number of carbonyl (C=O) groups is 1. The third-order valence-corrected chi connectivity index (χ3v) is 5.37. The number of hydrogen-bond donors (Lipinski definition) is 4. The number of amides is 1. The zero-order valence-electron chi connectivity index (χ0n) is 16.7. The first-order valence-corrected chi connectivity index (χ1v) is 10.6. The number of nitrogens with one attached hydrogen (secondary N) is 3. The Balaban J connectivity index is 1.90. The molecule has 8 nitrogen and oxygen atoms in total. The van der Waals surface area contributed by atoms with Gasteiger partial charge in [0, 0.05) is 28.9 Å². The number of aromatic amines is 1. The van der Waals surface area contributed by atoms with E-state index in [0.717, 1.165) is 16.7 Å². The van der Waals surface area contributed by atoms with E-state index >= 15 is 0 Å². The highest BCUT2D eigenvalue weighted by molar-refractivity contribution is 7.70. The van der Waals surface area contributed by atoms with Crippen molar-refractivity contribution in [3.05, 3.63) is 72.1 Å². The van der Waals surface area contributed by atoms with E-state index in [1.807, 2.05) is 37.3 Å². The molecule has 3 rings (SSSR count). The summed E-state index contributed by atoms with van der Waals surface area (Å²) in [5.74, 6) is 0.204. The van der Waals surface area contributed by atoms with Crippen LogP contribution in [0.5, 0.6) is 5.75 Å². The standard InChI is InChI=1S/C21H24N4O4S/c1-3-18(25-30(27)28)20(14-7-5-4-6-8-14)24-21(26)15-9-10-17(19(11-15)29-2)16-12-22-23-13-16/h4-13,18,20,30H,3H2,1-2H3,(H,22,23)(H,24,26)(H,25,27,28)/t18?,20-/m0/s1. The van der Waals surface area contributed by atoms with Gasteiger partial charge in [-0.3, -0.25) is 9.89 Å². The molecule has 0 aliphatic rings. The quantitative estimate of drug-likeness (QED) is 0.391. The first-order valence-electron chi connectivity index (χ1n) is 9.47. The number of benzene rings is 2. The summed E-state index contributed by atoms with van der Waals surface area (Å²) in [4.78, 5) is 13.0. The summed E-state index contributed by atoms with van der Waals surface area (Å²) in [5.41, 5.74) is 2.86. The van der Waals surface area contributed by atoms with Crippen molar-refractivity contribution in [3.63, 3.8) is 0 Å². The van der Waals surface area contributed by atoms with Gasteiger partial charge < -0.3 is 10.1 Å². The summed E-state index contributed by atoms with van der Waals surface area (Å²) in [6, 6.07) is 13.4. The highest BCUT2D eigenvalue weighted by Gasteiger charge is 2.25. The van der Waals surface area contributed by atoms with Crippen molar-refractivity contribution >= 4 is 16.8 Å². The van der Waals surface area contributed by atoms with Gasteiger partial charge in [0.1, 0.15) is 5.75 Å². The van der Waals surface area contributed by atoms with E-state index in [-0.39, 0.29) is 5.91 Å². The van der Waals surface area contributed by atoms with Gasteiger partial charge in [-0.25, -0.2) is 13.1 Å². The zero-order valence-corrected chi connectivity index (χ0v) is 17.6. The van der Waals surface area contributed by atoms with E-state index in [1.165, 1.54) is 7.11 Å². The van der Waals surface area contributed by atoms with Crippen LogP contribution in [-0.2, 0) is 10.9 Å². The van der Waals surface area contributed by atoms with Gasteiger partial charge in [0.25, 0.3) is 5.91 Å². The highest BCUT2D eigenvalue weighted by atomic mass is 32.2. The van der Waals surface area contributed by atoms with Gasteiger partial charge in [0.05, 0.1) is 19.3 Å². The van der Waals surface area contributed by atoms with Crippen molar-refractivity contribution in [2.45, 2.75) is 25.4 Å². The second-order valence-corrected chi connectivity index (χ2v) is 7.44. The van der Waals surface area contributed by atoms with E-state index < -0.39 is 23.0 Å². The summed E-state index contributed by atoms with van der Waals surface area (Å²) in [6.07, 6.45) is 3.92. The number of hydrogen-bond acceptors (Lipinski definition) is 5. The Labute approximate surface area is 176 Å². The van der Waals surface area contributed by atoms with Gasteiger partial charge >= 0.3 is 0 Å².